The number of pyridine rings is 1. The average Bonchev–Trinajstić information content (AvgIpc) is 2.23. The van der Waals surface area contributed by atoms with Crippen LogP contribution in [0, 0.1) is 5.92 Å². The summed E-state index contributed by atoms with van der Waals surface area (Å²) in [6.07, 6.45) is 2.34. The second-order valence-electron chi connectivity index (χ2n) is 4.09. The fourth-order valence-electron chi connectivity index (χ4n) is 1.94. The van der Waals surface area contributed by atoms with Crippen molar-refractivity contribution in [1.29, 1.82) is 0 Å². The number of hydrogen-bond donors (Lipinski definition) is 1. The Bertz CT molecular complexity index is 345. The van der Waals surface area contributed by atoms with E-state index in [0.717, 1.165) is 25.3 Å². The molecule has 1 aromatic heterocycles. The Morgan fingerprint density at radius 1 is 1.60 bits per heavy atom. The van der Waals surface area contributed by atoms with Gasteiger partial charge in [-0.25, -0.2) is 4.98 Å². The summed E-state index contributed by atoms with van der Waals surface area (Å²) in [5.74, 6) is 1.11. The second kappa shape index (κ2) is 4.37. The fourth-order valence-corrected chi connectivity index (χ4v) is 2.18. The lowest BCUT2D eigenvalue weighted by Crippen LogP contribution is -2.42. The van der Waals surface area contributed by atoms with Crippen LogP contribution in [0.4, 0.5) is 5.82 Å². The topological polar surface area (TPSA) is 36.4 Å². The second-order valence-corrected chi connectivity index (χ2v) is 4.50. The molecule has 1 saturated heterocycles. The Morgan fingerprint density at radius 2 is 2.40 bits per heavy atom. The first-order chi connectivity index (χ1) is 7.18. The van der Waals surface area contributed by atoms with Crippen LogP contribution < -0.4 is 4.90 Å². The van der Waals surface area contributed by atoms with E-state index in [0.29, 0.717) is 5.02 Å². The highest BCUT2D eigenvalue weighted by Gasteiger charge is 2.25. The number of aliphatic hydroxyl groups is 1. The molecule has 0 bridgehead atoms. The number of aromatic nitrogens is 1. The molecule has 0 radical (unpaired) electrons. The minimum Gasteiger partial charge on any atom is -0.393 e. The van der Waals surface area contributed by atoms with Crippen molar-refractivity contribution >= 4 is 17.4 Å². The van der Waals surface area contributed by atoms with Crippen molar-refractivity contribution in [1.82, 2.24) is 4.98 Å². The molecule has 1 fully saturated rings. The van der Waals surface area contributed by atoms with E-state index in [4.69, 9.17) is 11.6 Å². The number of anilines is 1. The first kappa shape index (κ1) is 10.7. The summed E-state index contributed by atoms with van der Waals surface area (Å²) in [7, 11) is 0. The van der Waals surface area contributed by atoms with Crippen LogP contribution in [0.25, 0.3) is 0 Å². The van der Waals surface area contributed by atoms with Gasteiger partial charge in [-0.3, -0.25) is 0 Å². The fraction of sp³-hybridized carbons (Fsp3) is 0.545. The zero-order valence-electron chi connectivity index (χ0n) is 8.73. The number of halogens is 1. The molecule has 1 aliphatic heterocycles. The van der Waals surface area contributed by atoms with E-state index >= 15 is 0 Å². The standard InChI is InChI=1S/C11H15ClN2O/c1-8-7-14(6-4-10(8)15)11-9(12)3-2-5-13-11/h2-3,5,8,10,15H,4,6-7H2,1H3. The van der Waals surface area contributed by atoms with Gasteiger partial charge in [-0.15, -0.1) is 0 Å². The molecule has 82 valence electrons. The maximum absolute atomic E-state index is 9.63. The molecule has 2 unspecified atom stereocenters. The predicted molar refractivity (Wildman–Crippen MR) is 61.2 cm³/mol. The Kier molecular flexibility index (Phi) is 3.12. The SMILES string of the molecule is CC1CN(c2ncccc2Cl)CCC1O. The van der Waals surface area contributed by atoms with E-state index in [2.05, 4.69) is 9.88 Å². The molecule has 0 amide bonds. The van der Waals surface area contributed by atoms with Gasteiger partial charge >= 0.3 is 0 Å². The van der Waals surface area contributed by atoms with Crippen LogP contribution in [0.2, 0.25) is 5.02 Å². The lowest BCUT2D eigenvalue weighted by Gasteiger charge is -2.35. The number of piperidine rings is 1. The van der Waals surface area contributed by atoms with Crippen molar-refractivity contribution in [2.75, 3.05) is 18.0 Å². The van der Waals surface area contributed by atoms with Crippen molar-refractivity contribution in [3.05, 3.63) is 23.4 Å². The van der Waals surface area contributed by atoms with Crippen LogP contribution in [0.3, 0.4) is 0 Å². The van der Waals surface area contributed by atoms with Gasteiger partial charge in [0.25, 0.3) is 0 Å². The van der Waals surface area contributed by atoms with E-state index < -0.39 is 0 Å². The van der Waals surface area contributed by atoms with Crippen molar-refractivity contribution in [3.8, 4) is 0 Å². The van der Waals surface area contributed by atoms with E-state index in [-0.39, 0.29) is 12.0 Å². The van der Waals surface area contributed by atoms with Crippen LogP contribution in [0.15, 0.2) is 18.3 Å². The third-order valence-corrected chi connectivity index (χ3v) is 3.19. The quantitative estimate of drug-likeness (QED) is 0.795. The molecule has 0 aliphatic carbocycles. The summed E-state index contributed by atoms with van der Waals surface area (Å²) in [6.45, 7) is 3.69. The summed E-state index contributed by atoms with van der Waals surface area (Å²) in [4.78, 5) is 6.41. The zero-order valence-corrected chi connectivity index (χ0v) is 9.48. The summed E-state index contributed by atoms with van der Waals surface area (Å²) < 4.78 is 0. The van der Waals surface area contributed by atoms with Crippen LogP contribution in [0.1, 0.15) is 13.3 Å². The van der Waals surface area contributed by atoms with Crippen LogP contribution in [0.5, 0.6) is 0 Å². The summed E-state index contributed by atoms with van der Waals surface area (Å²) in [5, 5.41) is 10.3. The maximum atomic E-state index is 9.63. The highest BCUT2D eigenvalue weighted by molar-refractivity contribution is 6.32. The molecule has 1 aliphatic rings. The lowest BCUT2D eigenvalue weighted by atomic mass is 9.97. The van der Waals surface area contributed by atoms with Gasteiger partial charge in [0.2, 0.25) is 0 Å². The summed E-state index contributed by atoms with van der Waals surface area (Å²) in [5.41, 5.74) is 0. The molecule has 2 rings (SSSR count). The minimum atomic E-state index is -0.191. The molecule has 2 heterocycles. The molecule has 0 saturated carbocycles. The number of nitrogens with zero attached hydrogens (tertiary/aromatic N) is 2. The van der Waals surface area contributed by atoms with Crippen molar-refractivity contribution in [2.45, 2.75) is 19.4 Å². The van der Waals surface area contributed by atoms with Gasteiger partial charge in [0.15, 0.2) is 0 Å². The number of aliphatic hydroxyl groups excluding tert-OH is 1. The monoisotopic (exact) mass is 226 g/mol. The van der Waals surface area contributed by atoms with Crippen LogP contribution in [-0.4, -0.2) is 29.3 Å². The Labute approximate surface area is 94.7 Å². The summed E-state index contributed by atoms with van der Waals surface area (Å²) in [6, 6.07) is 3.67. The van der Waals surface area contributed by atoms with E-state index in [1.54, 1.807) is 6.20 Å². The van der Waals surface area contributed by atoms with Gasteiger partial charge in [0.1, 0.15) is 5.82 Å². The highest BCUT2D eigenvalue weighted by Crippen LogP contribution is 2.27. The van der Waals surface area contributed by atoms with Gasteiger partial charge in [0.05, 0.1) is 11.1 Å². The number of rotatable bonds is 1. The molecular formula is C11H15ClN2O. The number of hydrogen-bond acceptors (Lipinski definition) is 3. The molecule has 1 N–H and O–H groups in total. The maximum Gasteiger partial charge on any atom is 0.147 e. The van der Waals surface area contributed by atoms with E-state index in [1.165, 1.54) is 0 Å². The third kappa shape index (κ3) is 2.24. The summed E-state index contributed by atoms with van der Waals surface area (Å²) >= 11 is 6.08. The van der Waals surface area contributed by atoms with E-state index in [9.17, 15) is 5.11 Å². The smallest absolute Gasteiger partial charge is 0.147 e. The predicted octanol–water partition coefficient (Wildman–Crippen LogP) is 1.94. The van der Waals surface area contributed by atoms with Crippen molar-refractivity contribution in [3.63, 3.8) is 0 Å². The van der Waals surface area contributed by atoms with Crippen LogP contribution >= 0.6 is 11.6 Å². The van der Waals surface area contributed by atoms with Crippen molar-refractivity contribution < 1.29 is 5.11 Å². The molecule has 0 aromatic carbocycles. The molecule has 4 heteroatoms. The van der Waals surface area contributed by atoms with Gasteiger partial charge in [-0.1, -0.05) is 18.5 Å². The van der Waals surface area contributed by atoms with Gasteiger partial charge in [0, 0.05) is 19.3 Å². The van der Waals surface area contributed by atoms with E-state index in [1.807, 2.05) is 19.1 Å². The van der Waals surface area contributed by atoms with Gasteiger partial charge < -0.3 is 10.0 Å². The Hall–Kier alpha value is -0.800. The molecular weight excluding hydrogens is 212 g/mol. The Morgan fingerprint density at radius 3 is 3.07 bits per heavy atom. The Balaban J connectivity index is 2.15. The van der Waals surface area contributed by atoms with Gasteiger partial charge in [-0.2, -0.15) is 0 Å². The molecule has 2 atom stereocenters. The first-order valence-corrected chi connectivity index (χ1v) is 5.60. The van der Waals surface area contributed by atoms with Crippen LogP contribution in [-0.2, 0) is 0 Å². The molecule has 1 aromatic rings. The lowest BCUT2D eigenvalue weighted by molar-refractivity contribution is 0.0969. The normalized spacial score (nSPS) is 26.7. The molecule has 3 nitrogen and oxygen atoms in total. The molecule has 15 heavy (non-hydrogen) atoms. The largest absolute Gasteiger partial charge is 0.393 e. The zero-order chi connectivity index (χ0) is 10.8. The minimum absolute atomic E-state index is 0.191. The highest BCUT2D eigenvalue weighted by atomic mass is 35.5. The third-order valence-electron chi connectivity index (χ3n) is 2.90. The average molecular weight is 227 g/mol. The first-order valence-electron chi connectivity index (χ1n) is 5.22. The molecule has 0 spiro atoms. The van der Waals surface area contributed by atoms with Crippen molar-refractivity contribution in [2.24, 2.45) is 5.92 Å². The van der Waals surface area contributed by atoms with Gasteiger partial charge in [-0.05, 0) is 24.5 Å².